The van der Waals surface area contributed by atoms with Crippen LogP contribution >= 0.6 is 7.82 Å². The minimum Gasteiger partial charge on any atom is -0.314 e. The Hall–Kier alpha value is 0.0300. The summed E-state index contributed by atoms with van der Waals surface area (Å²) in [6.45, 7) is 0.656. The van der Waals surface area contributed by atoms with Gasteiger partial charge in [-0.1, -0.05) is 12.8 Å². The van der Waals surface area contributed by atoms with E-state index in [1.165, 1.54) is 0 Å². The first-order valence-corrected chi connectivity index (χ1v) is 7.57. The van der Waals surface area contributed by atoms with Crippen LogP contribution in [0.3, 0.4) is 0 Å². The monoisotopic (exact) mass is 266 g/mol. The van der Waals surface area contributed by atoms with Crippen LogP contribution in [-0.4, -0.2) is 35.6 Å². The Balaban J connectivity index is 2.34. The van der Waals surface area contributed by atoms with Crippen molar-refractivity contribution in [2.75, 3.05) is 19.8 Å². The summed E-state index contributed by atoms with van der Waals surface area (Å²) in [5.41, 5.74) is 0. The quantitative estimate of drug-likeness (QED) is 0.473. The predicted octanol–water partition coefficient (Wildman–Crippen LogP) is 1.06. The zero-order valence-electron chi connectivity index (χ0n) is 9.88. The van der Waals surface area contributed by atoms with Crippen LogP contribution in [-0.2, 0) is 14.2 Å². The van der Waals surface area contributed by atoms with E-state index in [-0.39, 0.29) is 25.2 Å². The van der Waals surface area contributed by atoms with E-state index in [2.05, 4.69) is 9.84 Å². The van der Waals surface area contributed by atoms with Crippen LogP contribution in [0.2, 0.25) is 0 Å². The third kappa shape index (κ3) is 6.50. The molecule has 0 aromatic carbocycles. The number of nitrogens with one attached hydrogen (secondary N) is 1. The van der Waals surface area contributed by atoms with Crippen LogP contribution in [0.4, 0.5) is 0 Å². The molecule has 0 aromatic heterocycles. The van der Waals surface area contributed by atoms with Gasteiger partial charge in [0.25, 0.3) is 0 Å². The average molecular weight is 266 g/mol. The van der Waals surface area contributed by atoms with Gasteiger partial charge in [-0.15, -0.1) is 0 Å². The fraction of sp³-hybridized carbons (Fsp3) is 1.00. The highest BCUT2D eigenvalue weighted by Gasteiger charge is 2.27. The zero-order chi connectivity index (χ0) is 12.7. The van der Waals surface area contributed by atoms with Gasteiger partial charge in [0, 0.05) is 6.04 Å². The first kappa shape index (κ1) is 15.1. The molecule has 0 heterocycles. The molecule has 2 atom stereocenters. The summed E-state index contributed by atoms with van der Waals surface area (Å²) in [4.78, 5) is 17.4. The van der Waals surface area contributed by atoms with Crippen LogP contribution in [0.5, 0.6) is 0 Å². The van der Waals surface area contributed by atoms with Crippen molar-refractivity contribution >= 4 is 7.82 Å². The molecule has 3 N–H and O–H groups in total. The van der Waals surface area contributed by atoms with Crippen molar-refractivity contribution in [1.82, 2.24) is 5.32 Å². The molecule has 1 saturated carbocycles. The highest BCUT2D eigenvalue weighted by atomic mass is 31.2. The third-order valence-electron chi connectivity index (χ3n) is 3.09. The van der Waals surface area contributed by atoms with E-state index in [1.54, 1.807) is 0 Å². The number of hydrogen-bond acceptors (Lipinski definition) is 3. The van der Waals surface area contributed by atoms with Crippen molar-refractivity contribution in [3.05, 3.63) is 0 Å². The van der Waals surface area contributed by atoms with Crippen molar-refractivity contribution in [1.29, 1.82) is 0 Å². The standard InChI is InChI=1S/C10H21NO5P/c12-7-3-6-11-10-5-2-1-4-9(10)8-16-17(13,14)15/h9-11H,1-8H2,(H2,13,14,15). The molecule has 0 spiro atoms. The molecule has 1 aliphatic carbocycles. The fourth-order valence-electron chi connectivity index (χ4n) is 2.23. The summed E-state index contributed by atoms with van der Waals surface area (Å²) in [6, 6.07) is 0.210. The lowest BCUT2D eigenvalue weighted by Gasteiger charge is -2.32. The van der Waals surface area contributed by atoms with Crippen molar-refractivity contribution in [3.63, 3.8) is 0 Å². The Kier molecular flexibility index (Phi) is 6.62. The Labute approximate surface area is 102 Å². The number of phosphoric ester groups is 1. The smallest absolute Gasteiger partial charge is 0.314 e. The molecule has 2 unspecified atom stereocenters. The van der Waals surface area contributed by atoms with Gasteiger partial charge in [0.1, 0.15) is 0 Å². The Bertz CT molecular complexity index is 257. The minimum absolute atomic E-state index is 0.0827. The van der Waals surface area contributed by atoms with E-state index in [9.17, 15) is 9.67 Å². The van der Waals surface area contributed by atoms with Gasteiger partial charge in [-0.05, 0) is 31.7 Å². The van der Waals surface area contributed by atoms with Crippen molar-refractivity contribution in [2.45, 2.75) is 38.1 Å². The van der Waals surface area contributed by atoms with Crippen molar-refractivity contribution < 1.29 is 24.0 Å². The molecule has 17 heavy (non-hydrogen) atoms. The van der Waals surface area contributed by atoms with E-state index in [0.717, 1.165) is 25.7 Å². The zero-order valence-corrected chi connectivity index (χ0v) is 10.8. The third-order valence-corrected chi connectivity index (χ3v) is 3.58. The largest absolute Gasteiger partial charge is 0.469 e. The molecule has 7 heteroatoms. The van der Waals surface area contributed by atoms with E-state index in [1.807, 2.05) is 0 Å². The van der Waals surface area contributed by atoms with Crippen LogP contribution in [0, 0.1) is 5.92 Å². The summed E-state index contributed by atoms with van der Waals surface area (Å²) in [5, 5.41) is 13.6. The van der Waals surface area contributed by atoms with Gasteiger partial charge in [0.05, 0.1) is 13.2 Å². The lowest BCUT2D eigenvalue weighted by atomic mass is 9.85. The molecule has 0 bridgehead atoms. The van der Waals surface area contributed by atoms with Crippen LogP contribution < -0.4 is 5.32 Å². The second kappa shape index (κ2) is 7.46. The van der Waals surface area contributed by atoms with E-state index < -0.39 is 7.82 Å². The first-order valence-electron chi connectivity index (χ1n) is 6.04. The van der Waals surface area contributed by atoms with Crippen LogP contribution in [0.25, 0.3) is 0 Å². The molecule has 0 saturated heterocycles. The molecule has 1 radical (unpaired) electrons. The van der Waals surface area contributed by atoms with Crippen molar-refractivity contribution in [2.24, 2.45) is 5.92 Å². The molecule has 101 valence electrons. The molecular weight excluding hydrogens is 245 g/mol. The highest BCUT2D eigenvalue weighted by molar-refractivity contribution is 7.46. The van der Waals surface area contributed by atoms with Gasteiger partial charge < -0.3 is 15.1 Å². The topological polar surface area (TPSA) is 98.7 Å². The summed E-state index contributed by atoms with van der Waals surface area (Å²) in [5.74, 6) is 0.128. The second-order valence-corrected chi connectivity index (χ2v) is 5.69. The van der Waals surface area contributed by atoms with Crippen LogP contribution in [0.1, 0.15) is 32.1 Å². The predicted molar refractivity (Wildman–Crippen MR) is 61.9 cm³/mol. The lowest BCUT2D eigenvalue weighted by Crippen LogP contribution is -2.41. The van der Waals surface area contributed by atoms with Gasteiger partial charge in [-0.3, -0.25) is 4.52 Å². The van der Waals surface area contributed by atoms with Gasteiger partial charge >= 0.3 is 7.82 Å². The molecule has 6 nitrogen and oxygen atoms in total. The Morgan fingerprint density at radius 3 is 2.65 bits per heavy atom. The molecular formula is C10H21NO5P. The first-order chi connectivity index (χ1) is 8.03. The molecule has 1 rings (SSSR count). The molecule has 0 aromatic rings. The van der Waals surface area contributed by atoms with Gasteiger partial charge in [0.15, 0.2) is 0 Å². The lowest BCUT2D eigenvalue weighted by molar-refractivity contribution is 0.126. The minimum atomic E-state index is -4.37. The molecule has 0 aliphatic heterocycles. The van der Waals surface area contributed by atoms with Gasteiger partial charge in [-0.2, -0.15) is 0 Å². The fourth-order valence-corrected chi connectivity index (χ4v) is 2.61. The maximum absolute atomic E-state index is 10.7. The van der Waals surface area contributed by atoms with E-state index in [4.69, 9.17) is 9.79 Å². The second-order valence-electron chi connectivity index (χ2n) is 4.45. The Morgan fingerprint density at radius 2 is 2.00 bits per heavy atom. The van der Waals surface area contributed by atoms with Gasteiger partial charge in [0.2, 0.25) is 0 Å². The van der Waals surface area contributed by atoms with Crippen LogP contribution in [0.15, 0.2) is 0 Å². The number of hydrogen-bond donors (Lipinski definition) is 3. The molecule has 0 amide bonds. The number of phosphoric acid groups is 1. The SMILES string of the molecule is [O]CCCNC1CCCCC1COP(=O)(O)O. The summed E-state index contributed by atoms with van der Waals surface area (Å²) < 4.78 is 15.2. The molecule has 1 aliphatic rings. The maximum atomic E-state index is 10.7. The maximum Gasteiger partial charge on any atom is 0.469 e. The Morgan fingerprint density at radius 1 is 1.29 bits per heavy atom. The highest BCUT2D eigenvalue weighted by Crippen LogP contribution is 2.38. The average Bonchev–Trinajstić information content (AvgIpc) is 2.27. The summed E-state index contributed by atoms with van der Waals surface area (Å²) >= 11 is 0. The summed E-state index contributed by atoms with van der Waals surface area (Å²) in [6.07, 6.45) is 4.65. The summed E-state index contributed by atoms with van der Waals surface area (Å²) in [7, 11) is -4.37. The van der Waals surface area contributed by atoms with Gasteiger partial charge in [-0.25, -0.2) is 9.67 Å². The molecule has 1 fully saturated rings. The van der Waals surface area contributed by atoms with E-state index in [0.29, 0.717) is 13.0 Å². The normalized spacial score (nSPS) is 26.1. The van der Waals surface area contributed by atoms with Crippen molar-refractivity contribution in [3.8, 4) is 0 Å². The van der Waals surface area contributed by atoms with E-state index >= 15 is 0 Å². The number of rotatable bonds is 7.